The van der Waals surface area contributed by atoms with Crippen LogP contribution in [0.4, 0.5) is 17.5 Å². The number of aromatic nitrogens is 4. The van der Waals surface area contributed by atoms with Crippen molar-refractivity contribution in [3.8, 4) is 0 Å². The minimum absolute atomic E-state index is 0.0119. The van der Waals surface area contributed by atoms with E-state index in [1.54, 1.807) is 25.2 Å². The van der Waals surface area contributed by atoms with Gasteiger partial charge < -0.3 is 24.6 Å². The largest absolute Gasteiger partial charge is 0.369 e. The lowest BCUT2D eigenvalue weighted by molar-refractivity contribution is -0.134. The minimum Gasteiger partial charge on any atom is -0.369 e. The molecule has 3 amide bonds. The number of likely N-dealkylation sites (tertiary alicyclic amines) is 1. The Bertz CT molecular complexity index is 1970. The Hall–Kier alpha value is -4.88. The monoisotopic (exact) mass is 746 g/mol. The van der Waals surface area contributed by atoms with E-state index in [-0.39, 0.29) is 29.7 Å². The molecule has 0 bridgehead atoms. The number of hydrogen-bond donors (Lipinski definition) is 2. The minimum atomic E-state index is -0.233. The second kappa shape index (κ2) is 16.5. The number of pyridine rings is 1. The fourth-order valence-corrected chi connectivity index (χ4v) is 9.04. The van der Waals surface area contributed by atoms with Crippen molar-refractivity contribution in [1.82, 2.24) is 39.5 Å². The first-order chi connectivity index (χ1) is 26.8. The van der Waals surface area contributed by atoms with Crippen LogP contribution in [-0.2, 0) is 16.0 Å². The van der Waals surface area contributed by atoms with Gasteiger partial charge in [0.15, 0.2) is 0 Å². The molecule has 3 aliphatic heterocycles. The lowest BCUT2D eigenvalue weighted by Crippen LogP contribution is -2.53. The van der Waals surface area contributed by atoms with E-state index in [0.29, 0.717) is 36.3 Å². The number of hydrogen-bond acceptors (Lipinski definition) is 10. The molecule has 3 saturated heterocycles. The van der Waals surface area contributed by atoms with Gasteiger partial charge in [0, 0.05) is 82.2 Å². The number of fused-ring (bicyclic) bond motifs is 1. The second-order valence-corrected chi connectivity index (χ2v) is 16.0. The molecule has 55 heavy (non-hydrogen) atoms. The summed E-state index contributed by atoms with van der Waals surface area (Å²) in [5.74, 6) is 0.595. The van der Waals surface area contributed by atoms with Crippen molar-refractivity contribution in [2.24, 2.45) is 0 Å². The zero-order chi connectivity index (χ0) is 37.9. The van der Waals surface area contributed by atoms with Gasteiger partial charge >= 0.3 is 0 Å². The highest BCUT2D eigenvalue weighted by Gasteiger charge is 2.30. The molecule has 0 radical (unpaired) electrons. The Morgan fingerprint density at radius 2 is 1.64 bits per heavy atom. The maximum Gasteiger partial charge on any atom is 0.270 e. The summed E-state index contributed by atoms with van der Waals surface area (Å²) in [6, 6.07) is 15.4. The molecule has 0 spiro atoms. The van der Waals surface area contributed by atoms with Gasteiger partial charge in [-0.2, -0.15) is 4.98 Å². The highest BCUT2D eigenvalue weighted by Crippen LogP contribution is 2.35. The predicted molar refractivity (Wildman–Crippen MR) is 214 cm³/mol. The maximum absolute atomic E-state index is 13.0. The number of nitrogens with zero attached hydrogens (tertiary/aromatic N) is 8. The molecule has 13 heteroatoms. The van der Waals surface area contributed by atoms with Crippen molar-refractivity contribution in [3.05, 3.63) is 71.7 Å². The summed E-state index contributed by atoms with van der Waals surface area (Å²) in [7, 11) is 3.58. The number of imide groups is 1. The number of anilines is 3. The summed E-state index contributed by atoms with van der Waals surface area (Å²) in [6.07, 6.45) is 13.7. The third-order valence-corrected chi connectivity index (χ3v) is 12.2. The van der Waals surface area contributed by atoms with E-state index >= 15 is 0 Å². The molecule has 1 aliphatic carbocycles. The zero-order valence-electron chi connectivity index (χ0n) is 32.3. The smallest absolute Gasteiger partial charge is 0.270 e. The molecule has 4 aliphatic rings. The van der Waals surface area contributed by atoms with Crippen molar-refractivity contribution < 1.29 is 14.4 Å². The average Bonchev–Trinajstić information content (AvgIpc) is 3.87. The molecule has 6 heterocycles. The van der Waals surface area contributed by atoms with Crippen molar-refractivity contribution >= 4 is 46.2 Å². The van der Waals surface area contributed by atoms with Gasteiger partial charge in [-0.25, -0.2) is 9.97 Å². The SMILES string of the molecule is CN(C)C(=O)c1cc2cnc(Nc3ccc(CCCN4CCC(N5CCN(c6ccc(C7CCC(=O)NC7=O)cc6)CC5)CC4)cn3)nc2n1C1CCCC1. The van der Waals surface area contributed by atoms with Crippen LogP contribution in [0.1, 0.15) is 91.4 Å². The fourth-order valence-electron chi connectivity index (χ4n) is 9.04. The lowest BCUT2D eigenvalue weighted by atomic mass is 9.90. The van der Waals surface area contributed by atoms with Crippen molar-refractivity contribution in [1.29, 1.82) is 0 Å². The number of carbonyl (C=O) groups excluding carboxylic acids is 3. The molecule has 4 aromatic rings. The highest BCUT2D eigenvalue weighted by atomic mass is 16.2. The van der Waals surface area contributed by atoms with Crippen LogP contribution in [0.25, 0.3) is 11.0 Å². The van der Waals surface area contributed by atoms with Crippen molar-refractivity contribution in [2.45, 2.75) is 82.2 Å². The van der Waals surface area contributed by atoms with Gasteiger partial charge in [-0.1, -0.05) is 31.0 Å². The molecule has 2 N–H and O–H groups in total. The van der Waals surface area contributed by atoms with E-state index in [1.807, 2.05) is 18.3 Å². The van der Waals surface area contributed by atoms with Crippen molar-refractivity contribution in [2.75, 3.05) is 70.1 Å². The zero-order valence-corrected chi connectivity index (χ0v) is 32.3. The number of rotatable bonds is 11. The van der Waals surface area contributed by atoms with Crippen LogP contribution in [0.15, 0.2) is 54.9 Å². The molecule has 4 fully saturated rings. The molecule has 1 unspecified atom stereocenters. The molecule has 1 aromatic carbocycles. The predicted octanol–water partition coefficient (Wildman–Crippen LogP) is 5.13. The number of aryl methyl sites for hydroxylation is 1. The van der Waals surface area contributed by atoms with E-state index < -0.39 is 0 Å². The topological polar surface area (TPSA) is 132 Å². The van der Waals surface area contributed by atoms with Gasteiger partial charge in [0.2, 0.25) is 17.8 Å². The maximum atomic E-state index is 13.0. The molecule has 3 aromatic heterocycles. The first-order valence-electron chi connectivity index (χ1n) is 20.3. The quantitative estimate of drug-likeness (QED) is 0.199. The standard InChI is InChI=1S/C42H54N10O3/c1-48(2)41(55)36-26-31-28-44-42(47-39(31)52(36)34-7-3-4-8-34)45-37-15-9-29(27-43-37)6-5-19-49-20-17-33(18-21-49)51-24-22-50(23-25-51)32-12-10-30(11-13-32)35-14-16-38(53)46-40(35)54/h9-13,15,26-28,33-35H,3-8,14,16-25H2,1-2H3,(H,46,53,54)(H,43,44,45,47). The first kappa shape index (κ1) is 37.1. The van der Waals surface area contributed by atoms with E-state index in [2.05, 4.69) is 70.2 Å². The molecular weight excluding hydrogens is 693 g/mol. The summed E-state index contributed by atoms with van der Waals surface area (Å²) < 4.78 is 2.13. The van der Waals surface area contributed by atoms with Crippen LogP contribution in [0, 0.1) is 0 Å². The summed E-state index contributed by atoms with van der Waals surface area (Å²) in [6.45, 7) is 7.56. The molecule has 1 atom stereocenters. The first-order valence-corrected chi connectivity index (χ1v) is 20.3. The fraction of sp³-hybridized carbons (Fsp3) is 0.524. The van der Waals surface area contributed by atoms with E-state index in [4.69, 9.17) is 4.98 Å². The normalized spacial score (nSPS) is 20.6. The Morgan fingerprint density at radius 3 is 2.33 bits per heavy atom. The molecular formula is C42H54N10O3. The Morgan fingerprint density at radius 1 is 0.873 bits per heavy atom. The number of carbonyl (C=O) groups is 3. The van der Waals surface area contributed by atoms with Crippen LogP contribution in [0.5, 0.6) is 0 Å². The van der Waals surface area contributed by atoms with Crippen LogP contribution in [0.2, 0.25) is 0 Å². The van der Waals surface area contributed by atoms with Crippen LogP contribution >= 0.6 is 0 Å². The molecule has 13 nitrogen and oxygen atoms in total. The summed E-state index contributed by atoms with van der Waals surface area (Å²) in [5, 5.41) is 6.64. The summed E-state index contributed by atoms with van der Waals surface area (Å²) in [4.78, 5) is 60.3. The second-order valence-electron chi connectivity index (χ2n) is 16.0. The Balaban J connectivity index is 0.768. The number of amides is 3. The van der Waals surface area contributed by atoms with Gasteiger partial charge in [0.1, 0.15) is 17.2 Å². The Kier molecular flexibility index (Phi) is 11.1. The van der Waals surface area contributed by atoms with Gasteiger partial charge in [0.25, 0.3) is 5.91 Å². The third kappa shape index (κ3) is 8.37. The van der Waals surface area contributed by atoms with Gasteiger partial charge in [-0.15, -0.1) is 0 Å². The summed E-state index contributed by atoms with van der Waals surface area (Å²) in [5.41, 5.74) is 4.89. The van der Waals surface area contributed by atoms with E-state index in [9.17, 15) is 14.4 Å². The summed E-state index contributed by atoms with van der Waals surface area (Å²) >= 11 is 0. The van der Waals surface area contributed by atoms with Crippen LogP contribution in [-0.4, -0.2) is 118 Å². The third-order valence-electron chi connectivity index (χ3n) is 12.2. The number of piperazine rings is 1. The van der Waals surface area contributed by atoms with E-state index in [0.717, 1.165) is 88.1 Å². The van der Waals surface area contributed by atoms with Gasteiger partial charge in [-0.3, -0.25) is 24.6 Å². The Labute approximate surface area is 323 Å². The number of nitrogens with one attached hydrogen (secondary N) is 2. The lowest BCUT2D eigenvalue weighted by Gasteiger charge is -2.43. The van der Waals surface area contributed by atoms with Gasteiger partial charge in [-0.05, 0) is 100.0 Å². The highest BCUT2D eigenvalue weighted by molar-refractivity contribution is 6.01. The van der Waals surface area contributed by atoms with E-state index in [1.165, 1.54) is 36.9 Å². The van der Waals surface area contributed by atoms with Crippen LogP contribution < -0.4 is 15.5 Å². The van der Waals surface area contributed by atoms with Crippen LogP contribution in [0.3, 0.4) is 0 Å². The average molecular weight is 747 g/mol. The number of benzene rings is 1. The molecule has 8 rings (SSSR count). The molecule has 1 saturated carbocycles. The van der Waals surface area contributed by atoms with Crippen molar-refractivity contribution in [3.63, 3.8) is 0 Å². The molecule has 290 valence electrons. The van der Waals surface area contributed by atoms with Gasteiger partial charge in [0.05, 0.1) is 5.92 Å². The number of piperidine rings is 2.